The molecule has 0 spiro atoms. The summed E-state index contributed by atoms with van der Waals surface area (Å²) in [7, 11) is 0. The lowest BCUT2D eigenvalue weighted by Gasteiger charge is -2.42. The van der Waals surface area contributed by atoms with Crippen LogP contribution in [0.15, 0.2) is 24.3 Å². The minimum Gasteiger partial charge on any atom is -0.353 e. The smallest absolute Gasteiger partial charge is 0.237 e. The topological polar surface area (TPSA) is 58.4 Å². The molecule has 4 nitrogen and oxygen atoms in total. The second-order valence-electron chi connectivity index (χ2n) is 5.67. The molecule has 3 unspecified atom stereocenters. The van der Waals surface area contributed by atoms with Crippen molar-refractivity contribution in [2.24, 2.45) is 5.73 Å². The summed E-state index contributed by atoms with van der Waals surface area (Å²) in [5, 5.41) is 2.95. The largest absolute Gasteiger partial charge is 0.353 e. The van der Waals surface area contributed by atoms with E-state index in [1.54, 1.807) is 0 Å². The zero-order chi connectivity index (χ0) is 14.7. The molecule has 3 N–H and O–H groups in total. The number of hydrogen-bond acceptors (Lipinski definition) is 3. The van der Waals surface area contributed by atoms with Crippen molar-refractivity contribution in [3.8, 4) is 0 Å². The standard InChI is InChI=1S/C16H25N3O/c1-4-14-16(20)18-9-10-19(14)15(12(3)17)13-7-5-11(2)6-8-13/h5-8,12,14-15H,4,9-10,17H2,1-3H3,(H,18,20). The van der Waals surface area contributed by atoms with Gasteiger partial charge in [0.1, 0.15) is 0 Å². The highest BCUT2D eigenvalue weighted by Crippen LogP contribution is 2.28. The van der Waals surface area contributed by atoms with E-state index in [2.05, 4.69) is 48.3 Å². The van der Waals surface area contributed by atoms with Gasteiger partial charge in [0.2, 0.25) is 5.91 Å². The van der Waals surface area contributed by atoms with Gasteiger partial charge in [-0.15, -0.1) is 0 Å². The van der Waals surface area contributed by atoms with E-state index in [9.17, 15) is 4.79 Å². The van der Waals surface area contributed by atoms with Gasteiger partial charge in [-0.3, -0.25) is 9.69 Å². The van der Waals surface area contributed by atoms with Crippen LogP contribution in [0.3, 0.4) is 0 Å². The van der Waals surface area contributed by atoms with Crippen LogP contribution >= 0.6 is 0 Å². The highest BCUT2D eigenvalue weighted by atomic mass is 16.2. The number of amides is 1. The predicted molar refractivity (Wildman–Crippen MR) is 81.4 cm³/mol. The number of nitrogens with two attached hydrogens (primary N) is 1. The highest BCUT2D eigenvalue weighted by molar-refractivity contribution is 5.82. The van der Waals surface area contributed by atoms with Gasteiger partial charge in [-0.1, -0.05) is 36.8 Å². The Hall–Kier alpha value is -1.39. The number of carbonyl (C=O) groups is 1. The summed E-state index contributed by atoms with van der Waals surface area (Å²) in [4.78, 5) is 14.3. The molecule has 0 aromatic heterocycles. The molecule has 1 amide bonds. The lowest BCUT2D eigenvalue weighted by Crippen LogP contribution is -2.58. The maximum Gasteiger partial charge on any atom is 0.237 e. The highest BCUT2D eigenvalue weighted by Gasteiger charge is 2.35. The number of carbonyl (C=O) groups excluding carboxylic acids is 1. The molecule has 0 radical (unpaired) electrons. The van der Waals surface area contributed by atoms with E-state index < -0.39 is 0 Å². The van der Waals surface area contributed by atoms with E-state index in [1.165, 1.54) is 11.1 Å². The Bertz CT molecular complexity index is 455. The van der Waals surface area contributed by atoms with E-state index in [0.717, 1.165) is 13.0 Å². The first kappa shape index (κ1) is 15.0. The van der Waals surface area contributed by atoms with Crippen LogP contribution in [0.2, 0.25) is 0 Å². The summed E-state index contributed by atoms with van der Waals surface area (Å²) in [6.45, 7) is 7.70. The minimum absolute atomic E-state index is 0.0161. The summed E-state index contributed by atoms with van der Waals surface area (Å²) in [5.74, 6) is 0.122. The number of aryl methyl sites for hydroxylation is 1. The third-order valence-corrected chi connectivity index (χ3v) is 4.03. The van der Waals surface area contributed by atoms with E-state index in [1.807, 2.05) is 6.92 Å². The van der Waals surface area contributed by atoms with E-state index in [-0.39, 0.29) is 24.0 Å². The van der Waals surface area contributed by atoms with Gasteiger partial charge in [0, 0.05) is 19.1 Å². The first-order valence-electron chi connectivity index (χ1n) is 7.40. The monoisotopic (exact) mass is 275 g/mol. The first-order chi connectivity index (χ1) is 9.54. The van der Waals surface area contributed by atoms with Gasteiger partial charge in [-0.2, -0.15) is 0 Å². The first-order valence-corrected chi connectivity index (χ1v) is 7.40. The van der Waals surface area contributed by atoms with Crippen LogP contribution < -0.4 is 11.1 Å². The van der Waals surface area contributed by atoms with Gasteiger partial charge in [-0.25, -0.2) is 0 Å². The van der Waals surface area contributed by atoms with Gasteiger partial charge in [0.05, 0.1) is 12.1 Å². The normalized spacial score (nSPS) is 23.2. The van der Waals surface area contributed by atoms with Crippen LogP contribution in [0.25, 0.3) is 0 Å². The maximum absolute atomic E-state index is 12.1. The van der Waals surface area contributed by atoms with Crippen LogP contribution in [0.1, 0.15) is 37.4 Å². The Balaban J connectivity index is 2.32. The SMILES string of the molecule is CCC1C(=O)NCCN1C(c1ccc(C)cc1)C(C)N. The van der Waals surface area contributed by atoms with Crippen LogP contribution in [0.5, 0.6) is 0 Å². The molecule has 1 heterocycles. The maximum atomic E-state index is 12.1. The van der Waals surface area contributed by atoms with Gasteiger partial charge >= 0.3 is 0 Å². The Morgan fingerprint density at radius 2 is 2.05 bits per heavy atom. The summed E-state index contributed by atoms with van der Waals surface area (Å²) in [5.41, 5.74) is 8.66. The number of hydrogen-bond donors (Lipinski definition) is 2. The summed E-state index contributed by atoms with van der Waals surface area (Å²) < 4.78 is 0. The quantitative estimate of drug-likeness (QED) is 0.877. The van der Waals surface area contributed by atoms with Crippen molar-refractivity contribution in [1.29, 1.82) is 0 Å². The second kappa shape index (κ2) is 6.37. The third kappa shape index (κ3) is 3.02. The average Bonchev–Trinajstić information content (AvgIpc) is 2.41. The lowest BCUT2D eigenvalue weighted by molar-refractivity contribution is -0.130. The molecule has 110 valence electrons. The van der Waals surface area contributed by atoms with Crippen LogP contribution in [0.4, 0.5) is 0 Å². The molecule has 2 rings (SSSR count). The molecule has 0 saturated carbocycles. The zero-order valence-electron chi connectivity index (χ0n) is 12.6. The Labute approximate surface area is 121 Å². The van der Waals surface area contributed by atoms with Gasteiger partial charge in [0.25, 0.3) is 0 Å². The van der Waals surface area contributed by atoms with E-state index >= 15 is 0 Å². The second-order valence-corrected chi connectivity index (χ2v) is 5.67. The van der Waals surface area contributed by atoms with E-state index in [0.29, 0.717) is 6.54 Å². The fourth-order valence-corrected chi connectivity index (χ4v) is 3.05. The number of piperazine rings is 1. The average molecular weight is 275 g/mol. The van der Waals surface area contributed by atoms with Crippen molar-refractivity contribution in [1.82, 2.24) is 10.2 Å². The molecule has 4 heteroatoms. The van der Waals surface area contributed by atoms with Gasteiger partial charge in [0.15, 0.2) is 0 Å². The molecule has 1 fully saturated rings. The molecule has 1 aliphatic rings. The Morgan fingerprint density at radius 1 is 1.40 bits per heavy atom. The molecule has 1 aliphatic heterocycles. The molecule has 1 aromatic rings. The number of nitrogens with zero attached hydrogens (tertiary/aromatic N) is 1. The number of benzene rings is 1. The van der Waals surface area contributed by atoms with Crippen molar-refractivity contribution in [3.05, 3.63) is 35.4 Å². The molecule has 3 atom stereocenters. The zero-order valence-corrected chi connectivity index (χ0v) is 12.6. The van der Waals surface area contributed by atoms with Crippen LogP contribution in [-0.2, 0) is 4.79 Å². The fraction of sp³-hybridized carbons (Fsp3) is 0.562. The Kier molecular flexibility index (Phi) is 4.78. The fourth-order valence-electron chi connectivity index (χ4n) is 3.05. The number of nitrogens with one attached hydrogen (secondary N) is 1. The van der Waals surface area contributed by atoms with Crippen molar-refractivity contribution < 1.29 is 4.79 Å². The molecule has 1 saturated heterocycles. The van der Waals surface area contributed by atoms with Gasteiger partial charge in [-0.05, 0) is 25.8 Å². The van der Waals surface area contributed by atoms with Crippen molar-refractivity contribution >= 4 is 5.91 Å². The predicted octanol–water partition coefficient (Wildman–Crippen LogP) is 1.59. The summed E-state index contributed by atoms with van der Waals surface area (Å²) >= 11 is 0. The molecular formula is C16H25N3O. The molecule has 0 aliphatic carbocycles. The Morgan fingerprint density at radius 3 is 2.60 bits per heavy atom. The van der Waals surface area contributed by atoms with E-state index in [4.69, 9.17) is 5.73 Å². The number of rotatable bonds is 4. The summed E-state index contributed by atoms with van der Waals surface area (Å²) in [6, 6.07) is 8.46. The minimum atomic E-state index is -0.0824. The molecular weight excluding hydrogens is 250 g/mol. The van der Waals surface area contributed by atoms with Crippen molar-refractivity contribution in [2.45, 2.75) is 45.3 Å². The summed E-state index contributed by atoms with van der Waals surface area (Å²) in [6.07, 6.45) is 0.806. The van der Waals surface area contributed by atoms with Crippen LogP contribution in [0, 0.1) is 6.92 Å². The van der Waals surface area contributed by atoms with Crippen LogP contribution in [-0.4, -0.2) is 36.0 Å². The lowest BCUT2D eigenvalue weighted by atomic mass is 9.95. The van der Waals surface area contributed by atoms with Crippen molar-refractivity contribution in [2.75, 3.05) is 13.1 Å². The third-order valence-electron chi connectivity index (χ3n) is 4.03. The van der Waals surface area contributed by atoms with Crippen molar-refractivity contribution in [3.63, 3.8) is 0 Å². The molecule has 1 aromatic carbocycles. The molecule has 20 heavy (non-hydrogen) atoms. The van der Waals surface area contributed by atoms with Gasteiger partial charge < -0.3 is 11.1 Å². The molecule has 0 bridgehead atoms.